The van der Waals surface area contributed by atoms with Crippen molar-refractivity contribution in [2.75, 3.05) is 7.11 Å². The second kappa shape index (κ2) is 4.99. The average Bonchev–Trinajstić information content (AvgIpc) is 2.13. The molecule has 0 saturated carbocycles. The summed E-state index contributed by atoms with van der Waals surface area (Å²) in [5.74, 6) is 0.310. The highest BCUT2D eigenvalue weighted by Crippen LogP contribution is 2.33. The number of rotatable bonds is 3. The molecule has 0 N–H and O–H groups in total. The van der Waals surface area contributed by atoms with Crippen LogP contribution < -0.4 is 0 Å². The Morgan fingerprint density at radius 1 is 1.35 bits per heavy atom. The van der Waals surface area contributed by atoms with E-state index in [-0.39, 0.29) is 6.42 Å². The van der Waals surface area contributed by atoms with Crippen LogP contribution in [0.5, 0.6) is 0 Å². The zero-order chi connectivity index (χ0) is 13.3. The Hall–Kier alpha value is -0.533. The molecule has 2 atom stereocenters. The number of alkyl halides is 3. The Kier molecular flexibility index (Phi) is 4.27. The third kappa shape index (κ3) is 4.69. The molecule has 0 radical (unpaired) electrons. The summed E-state index contributed by atoms with van der Waals surface area (Å²) in [6.45, 7) is 5.73. The highest BCUT2D eigenvalue weighted by atomic mass is 28.4. The first-order valence-corrected chi connectivity index (χ1v) is 8.67. The summed E-state index contributed by atoms with van der Waals surface area (Å²) in [6.07, 6.45) is -6.08. The van der Waals surface area contributed by atoms with E-state index >= 15 is 0 Å². The second-order valence-corrected chi connectivity index (χ2v) is 9.25. The molecule has 0 fully saturated rings. The van der Waals surface area contributed by atoms with Gasteiger partial charge in [0.1, 0.15) is 0 Å². The number of ether oxygens (including phenoxy) is 2. The van der Waals surface area contributed by atoms with Gasteiger partial charge in [0.05, 0.1) is 5.76 Å². The molecule has 0 bridgehead atoms. The fourth-order valence-corrected chi connectivity index (χ4v) is 2.38. The van der Waals surface area contributed by atoms with Gasteiger partial charge >= 0.3 is 6.18 Å². The molecule has 0 aliphatic carbocycles. The number of hydrogen-bond donors (Lipinski definition) is 0. The maximum atomic E-state index is 12.6. The van der Waals surface area contributed by atoms with Crippen molar-refractivity contribution in [1.82, 2.24) is 0 Å². The molecule has 7 heteroatoms. The van der Waals surface area contributed by atoms with Crippen molar-refractivity contribution in [3.05, 3.63) is 11.8 Å². The minimum Gasteiger partial charge on any atom is -0.547 e. The van der Waals surface area contributed by atoms with E-state index < -0.39 is 26.9 Å². The van der Waals surface area contributed by atoms with Crippen molar-refractivity contribution in [2.24, 2.45) is 0 Å². The molecular weight excluding hydrogens is 253 g/mol. The summed E-state index contributed by atoms with van der Waals surface area (Å²) in [5, 5.41) is 0. The van der Waals surface area contributed by atoms with Gasteiger partial charge in [-0.05, 0) is 19.6 Å². The smallest absolute Gasteiger partial charge is 0.415 e. The van der Waals surface area contributed by atoms with Crippen molar-refractivity contribution in [3.63, 3.8) is 0 Å². The number of halogens is 3. The van der Waals surface area contributed by atoms with Gasteiger partial charge in [0, 0.05) is 19.6 Å². The zero-order valence-corrected chi connectivity index (χ0v) is 11.3. The Morgan fingerprint density at radius 2 is 1.94 bits per heavy atom. The molecule has 1 heterocycles. The van der Waals surface area contributed by atoms with Gasteiger partial charge < -0.3 is 13.9 Å². The summed E-state index contributed by atoms with van der Waals surface area (Å²) >= 11 is 0. The normalized spacial score (nSPS) is 26.6. The fraction of sp³-hybridized carbons (Fsp3) is 0.800. The number of methoxy groups -OCH3 is 1. The van der Waals surface area contributed by atoms with E-state index in [1.165, 1.54) is 13.2 Å². The lowest BCUT2D eigenvalue weighted by atomic mass is 10.1. The molecule has 0 amide bonds. The van der Waals surface area contributed by atoms with E-state index in [0.29, 0.717) is 5.76 Å². The minimum atomic E-state index is -4.40. The summed E-state index contributed by atoms with van der Waals surface area (Å²) in [6, 6.07) is 0. The predicted molar refractivity (Wildman–Crippen MR) is 58.9 cm³/mol. The molecule has 1 aliphatic rings. The lowest BCUT2D eigenvalue weighted by Gasteiger charge is -2.32. The van der Waals surface area contributed by atoms with E-state index in [9.17, 15) is 13.2 Å². The number of hydrogen-bond acceptors (Lipinski definition) is 3. The standard InChI is InChI=1S/C10H17F3O3Si/c1-14-9-6-7(16-17(2,3)4)5-8(15-9)10(11,12)13/h6,8-9H,5H2,1-4H3/t8-,9-/m1/s1. The molecule has 1 aliphatic heterocycles. The van der Waals surface area contributed by atoms with Crippen LogP contribution in [0.15, 0.2) is 11.8 Å². The SMILES string of the molecule is CO[C@H]1C=C(O[Si](C)(C)C)C[C@H](C(F)(F)F)O1. The third-order valence-electron chi connectivity index (χ3n) is 2.04. The van der Waals surface area contributed by atoms with E-state index in [2.05, 4.69) is 0 Å². The first kappa shape index (κ1) is 14.5. The fourth-order valence-electron chi connectivity index (χ4n) is 1.44. The molecule has 3 nitrogen and oxygen atoms in total. The summed E-state index contributed by atoms with van der Waals surface area (Å²) in [4.78, 5) is 0. The van der Waals surface area contributed by atoms with E-state index in [4.69, 9.17) is 13.9 Å². The lowest BCUT2D eigenvalue weighted by Crippen LogP contribution is -2.40. The third-order valence-corrected chi connectivity index (χ3v) is 2.92. The van der Waals surface area contributed by atoms with Crippen LogP contribution in [-0.2, 0) is 13.9 Å². The maximum Gasteiger partial charge on any atom is 0.415 e. The van der Waals surface area contributed by atoms with E-state index in [0.717, 1.165) is 0 Å². The van der Waals surface area contributed by atoms with Crippen LogP contribution in [0.1, 0.15) is 6.42 Å². The summed E-state index contributed by atoms with van der Waals surface area (Å²) < 4.78 is 52.9. The molecule has 0 unspecified atom stereocenters. The van der Waals surface area contributed by atoms with Gasteiger partial charge in [-0.1, -0.05) is 0 Å². The molecule has 17 heavy (non-hydrogen) atoms. The molecular formula is C10H17F3O3Si. The molecule has 0 aromatic carbocycles. The van der Waals surface area contributed by atoms with E-state index in [1.807, 2.05) is 19.6 Å². The van der Waals surface area contributed by atoms with Crippen LogP contribution in [0, 0.1) is 0 Å². The monoisotopic (exact) mass is 270 g/mol. The van der Waals surface area contributed by atoms with Gasteiger partial charge in [0.2, 0.25) is 8.32 Å². The molecule has 0 aromatic heterocycles. The van der Waals surface area contributed by atoms with Gasteiger partial charge in [0.25, 0.3) is 0 Å². The van der Waals surface area contributed by atoms with Gasteiger partial charge in [-0.25, -0.2) is 0 Å². The van der Waals surface area contributed by atoms with Crippen molar-refractivity contribution in [3.8, 4) is 0 Å². The van der Waals surface area contributed by atoms with Crippen LogP contribution in [0.2, 0.25) is 19.6 Å². The van der Waals surface area contributed by atoms with Crippen molar-refractivity contribution in [2.45, 2.75) is 44.6 Å². The molecule has 0 spiro atoms. The van der Waals surface area contributed by atoms with Crippen LogP contribution in [-0.4, -0.2) is 34.0 Å². The maximum absolute atomic E-state index is 12.6. The Balaban J connectivity index is 2.80. The Labute approximate surface area is 99.7 Å². The van der Waals surface area contributed by atoms with Crippen molar-refractivity contribution >= 4 is 8.32 Å². The Bertz CT molecular complexity index is 296. The Morgan fingerprint density at radius 3 is 2.35 bits per heavy atom. The largest absolute Gasteiger partial charge is 0.547 e. The summed E-state index contributed by atoms with van der Waals surface area (Å²) in [5.41, 5.74) is 0. The van der Waals surface area contributed by atoms with Gasteiger partial charge in [-0.3, -0.25) is 0 Å². The molecule has 0 aromatic rings. The van der Waals surface area contributed by atoms with Crippen LogP contribution >= 0.6 is 0 Å². The topological polar surface area (TPSA) is 27.7 Å². The van der Waals surface area contributed by atoms with Gasteiger partial charge in [-0.15, -0.1) is 0 Å². The quantitative estimate of drug-likeness (QED) is 0.738. The predicted octanol–water partition coefficient (Wildman–Crippen LogP) is 3.05. The first-order chi connectivity index (χ1) is 7.62. The van der Waals surface area contributed by atoms with Crippen LogP contribution in [0.25, 0.3) is 0 Å². The van der Waals surface area contributed by atoms with Crippen LogP contribution in [0.4, 0.5) is 13.2 Å². The molecule has 100 valence electrons. The van der Waals surface area contributed by atoms with Gasteiger partial charge in [0.15, 0.2) is 12.4 Å². The zero-order valence-electron chi connectivity index (χ0n) is 10.3. The molecule has 1 rings (SSSR count). The highest BCUT2D eigenvalue weighted by Gasteiger charge is 2.45. The lowest BCUT2D eigenvalue weighted by molar-refractivity contribution is -0.262. The highest BCUT2D eigenvalue weighted by molar-refractivity contribution is 6.70. The summed E-state index contributed by atoms with van der Waals surface area (Å²) in [7, 11) is -0.625. The van der Waals surface area contributed by atoms with E-state index in [1.54, 1.807) is 0 Å². The van der Waals surface area contributed by atoms with Gasteiger partial charge in [-0.2, -0.15) is 13.2 Å². The minimum absolute atomic E-state index is 0.284. The van der Waals surface area contributed by atoms with Crippen molar-refractivity contribution < 1.29 is 27.1 Å². The first-order valence-electron chi connectivity index (χ1n) is 5.26. The van der Waals surface area contributed by atoms with Crippen molar-refractivity contribution in [1.29, 1.82) is 0 Å². The van der Waals surface area contributed by atoms with Crippen LogP contribution in [0.3, 0.4) is 0 Å². The average molecular weight is 270 g/mol. The molecule has 0 saturated heterocycles. The second-order valence-electron chi connectivity index (χ2n) is 4.82.